The Morgan fingerprint density at radius 2 is 2.00 bits per heavy atom. The van der Waals surface area contributed by atoms with Gasteiger partial charge in [0.15, 0.2) is 0 Å². The van der Waals surface area contributed by atoms with Gasteiger partial charge in [0.1, 0.15) is 0 Å². The lowest BCUT2D eigenvalue weighted by molar-refractivity contribution is -0.145. The Morgan fingerprint density at radius 1 is 1.35 bits per heavy atom. The van der Waals surface area contributed by atoms with Crippen LogP contribution in [0.5, 0.6) is 0 Å². The number of carboxylic acids is 1. The molecule has 1 aromatic rings. The summed E-state index contributed by atoms with van der Waals surface area (Å²) in [4.78, 5) is 13.0. The van der Waals surface area contributed by atoms with Crippen LogP contribution in [0.2, 0.25) is 0 Å². The molecule has 1 fully saturated rings. The number of aliphatic carboxylic acids is 1. The van der Waals surface area contributed by atoms with Crippen LogP contribution in [-0.2, 0) is 4.79 Å². The second-order valence-electron chi connectivity index (χ2n) is 5.06. The lowest BCUT2D eigenvalue weighted by Gasteiger charge is -2.41. The van der Waals surface area contributed by atoms with Gasteiger partial charge in [-0.25, -0.2) is 0 Å². The van der Waals surface area contributed by atoms with E-state index in [9.17, 15) is 4.79 Å². The topological polar surface area (TPSA) is 40.5 Å². The summed E-state index contributed by atoms with van der Waals surface area (Å²) in [7, 11) is 2.06. The third-order valence-corrected chi connectivity index (χ3v) is 3.75. The van der Waals surface area contributed by atoms with Crippen LogP contribution in [-0.4, -0.2) is 24.2 Å². The highest BCUT2D eigenvalue weighted by molar-refractivity contribution is 5.72. The Labute approximate surface area is 102 Å². The van der Waals surface area contributed by atoms with Crippen LogP contribution in [0.1, 0.15) is 24.0 Å². The molecule has 92 valence electrons. The van der Waals surface area contributed by atoms with Gasteiger partial charge in [-0.3, -0.25) is 4.79 Å². The number of hydrogen-bond acceptors (Lipinski definition) is 2. The molecular weight excluding hydrogens is 214 g/mol. The predicted octanol–water partition coefficient (Wildman–Crippen LogP) is 2.60. The highest BCUT2D eigenvalue weighted by atomic mass is 16.4. The molecule has 0 saturated heterocycles. The maximum absolute atomic E-state index is 10.8. The Bertz CT molecular complexity index is 436. The summed E-state index contributed by atoms with van der Waals surface area (Å²) in [6.45, 7) is 4.18. The molecule has 0 radical (unpaired) electrons. The molecule has 0 aromatic heterocycles. The maximum Gasteiger partial charge on any atom is 0.306 e. The van der Waals surface area contributed by atoms with Crippen LogP contribution in [0, 0.1) is 19.8 Å². The summed E-state index contributed by atoms with van der Waals surface area (Å²) in [5.74, 6) is -0.803. The molecule has 0 heterocycles. The first-order valence-corrected chi connectivity index (χ1v) is 6.02. The highest BCUT2D eigenvalue weighted by Crippen LogP contribution is 2.35. The summed E-state index contributed by atoms with van der Waals surface area (Å²) < 4.78 is 0. The first kappa shape index (κ1) is 12.0. The quantitative estimate of drug-likeness (QED) is 0.872. The van der Waals surface area contributed by atoms with E-state index in [2.05, 4.69) is 44.0 Å². The van der Waals surface area contributed by atoms with Crippen molar-refractivity contribution in [3.8, 4) is 0 Å². The van der Waals surface area contributed by atoms with Gasteiger partial charge < -0.3 is 10.0 Å². The van der Waals surface area contributed by atoms with Gasteiger partial charge in [-0.1, -0.05) is 12.1 Å². The number of benzene rings is 1. The molecule has 0 aliphatic heterocycles. The lowest BCUT2D eigenvalue weighted by Crippen LogP contribution is -2.45. The third kappa shape index (κ3) is 2.28. The first-order valence-electron chi connectivity index (χ1n) is 6.02. The van der Waals surface area contributed by atoms with E-state index in [1.807, 2.05) is 0 Å². The Hall–Kier alpha value is -1.51. The fourth-order valence-corrected chi connectivity index (χ4v) is 2.40. The summed E-state index contributed by atoms with van der Waals surface area (Å²) in [6, 6.07) is 6.77. The van der Waals surface area contributed by atoms with Gasteiger partial charge in [0.2, 0.25) is 0 Å². The van der Waals surface area contributed by atoms with Gasteiger partial charge in [0.25, 0.3) is 0 Å². The van der Waals surface area contributed by atoms with Crippen molar-refractivity contribution >= 4 is 11.7 Å². The number of aryl methyl sites for hydroxylation is 2. The van der Waals surface area contributed by atoms with Crippen molar-refractivity contribution in [2.45, 2.75) is 32.7 Å². The fraction of sp³-hybridized carbons (Fsp3) is 0.500. The zero-order valence-corrected chi connectivity index (χ0v) is 10.6. The van der Waals surface area contributed by atoms with Crippen LogP contribution in [0.4, 0.5) is 5.69 Å². The smallest absolute Gasteiger partial charge is 0.306 e. The van der Waals surface area contributed by atoms with E-state index < -0.39 is 5.97 Å². The van der Waals surface area contributed by atoms with Gasteiger partial charge in [-0.05, 0) is 43.9 Å². The summed E-state index contributed by atoms with van der Waals surface area (Å²) in [5, 5.41) is 8.88. The maximum atomic E-state index is 10.8. The third-order valence-electron chi connectivity index (χ3n) is 3.75. The molecule has 1 aliphatic carbocycles. The zero-order valence-electron chi connectivity index (χ0n) is 10.6. The number of nitrogens with zero attached hydrogens (tertiary/aromatic N) is 1. The van der Waals surface area contributed by atoms with Crippen molar-refractivity contribution in [3.63, 3.8) is 0 Å². The van der Waals surface area contributed by atoms with Crippen molar-refractivity contribution in [1.29, 1.82) is 0 Å². The fourth-order valence-electron chi connectivity index (χ4n) is 2.40. The largest absolute Gasteiger partial charge is 0.481 e. The molecule has 0 spiro atoms. The van der Waals surface area contributed by atoms with Crippen LogP contribution in [0.3, 0.4) is 0 Å². The molecule has 3 heteroatoms. The molecule has 17 heavy (non-hydrogen) atoms. The minimum absolute atomic E-state index is 0.146. The van der Waals surface area contributed by atoms with Crippen molar-refractivity contribution < 1.29 is 9.90 Å². The monoisotopic (exact) mass is 233 g/mol. The van der Waals surface area contributed by atoms with E-state index in [1.54, 1.807) is 0 Å². The molecule has 1 aliphatic rings. The molecule has 0 bridgehead atoms. The number of rotatable bonds is 3. The van der Waals surface area contributed by atoms with Crippen molar-refractivity contribution in [3.05, 3.63) is 29.3 Å². The zero-order chi connectivity index (χ0) is 12.6. The normalized spacial score (nSPS) is 23.0. The molecule has 3 nitrogen and oxygen atoms in total. The van der Waals surface area contributed by atoms with E-state index in [0.717, 1.165) is 12.8 Å². The Morgan fingerprint density at radius 3 is 2.59 bits per heavy atom. The number of hydrogen-bond donors (Lipinski definition) is 1. The number of carbonyl (C=O) groups is 1. The van der Waals surface area contributed by atoms with E-state index >= 15 is 0 Å². The van der Waals surface area contributed by atoms with Gasteiger partial charge >= 0.3 is 5.97 Å². The van der Waals surface area contributed by atoms with E-state index in [1.165, 1.54) is 16.8 Å². The van der Waals surface area contributed by atoms with Crippen molar-refractivity contribution in [2.75, 3.05) is 11.9 Å². The second-order valence-corrected chi connectivity index (χ2v) is 5.06. The molecule has 1 aromatic carbocycles. The highest BCUT2D eigenvalue weighted by Gasteiger charge is 2.37. The summed E-state index contributed by atoms with van der Waals surface area (Å²) in [5.41, 5.74) is 3.71. The average molecular weight is 233 g/mol. The predicted molar refractivity (Wildman–Crippen MR) is 68.5 cm³/mol. The lowest BCUT2D eigenvalue weighted by atomic mass is 9.79. The van der Waals surface area contributed by atoms with Gasteiger partial charge in [0, 0.05) is 18.8 Å². The molecule has 1 saturated carbocycles. The first-order chi connectivity index (χ1) is 7.99. The van der Waals surface area contributed by atoms with E-state index in [-0.39, 0.29) is 5.92 Å². The minimum Gasteiger partial charge on any atom is -0.481 e. The average Bonchev–Trinajstić information content (AvgIpc) is 2.18. The van der Waals surface area contributed by atoms with Crippen molar-refractivity contribution in [2.24, 2.45) is 5.92 Å². The number of carboxylic acid groups (broad SMARTS) is 1. The molecular formula is C14H19NO2. The van der Waals surface area contributed by atoms with Crippen LogP contribution < -0.4 is 4.90 Å². The molecule has 1 N–H and O–H groups in total. The Kier molecular flexibility index (Phi) is 3.09. The van der Waals surface area contributed by atoms with Crippen LogP contribution >= 0.6 is 0 Å². The Balaban J connectivity index is 2.08. The van der Waals surface area contributed by atoms with Crippen LogP contribution in [0.25, 0.3) is 0 Å². The minimum atomic E-state index is -0.657. The summed E-state index contributed by atoms with van der Waals surface area (Å²) in [6.07, 6.45) is 1.53. The molecule has 2 rings (SSSR count). The van der Waals surface area contributed by atoms with E-state index in [0.29, 0.717) is 6.04 Å². The SMILES string of the molecule is Cc1ccc(C)c(N(C)C2CC(C(=O)O)C2)c1. The van der Waals surface area contributed by atoms with E-state index in [4.69, 9.17) is 5.11 Å². The van der Waals surface area contributed by atoms with Crippen LogP contribution in [0.15, 0.2) is 18.2 Å². The number of anilines is 1. The standard InChI is InChI=1S/C14H19NO2/c1-9-4-5-10(2)13(6-9)15(3)12-7-11(8-12)14(16)17/h4-6,11-12H,7-8H2,1-3H3,(H,16,17). The van der Waals surface area contributed by atoms with Gasteiger partial charge in [-0.2, -0.15) is 0 Å². The van der Waals surface area contributed by atoms with Gasteiger partial charge in [-0.15, -0.1) is 0 Å². The second kappa shape index (κ2) is 4.40. The van der Waals surface area contributed by atoms with Gasteiger partial charge in [0.05, 0.1) is 5.92 Å². The molecule has 0 amide bonds. The van der Waals surface area contributed by atoms with Crippen molar-refractivity contribution in [1.82, 2.24) is 0 Å². The molecule has 0 unspecified atom stereocenters. The molecule has 0 atom stereocenters. The summed E-state index contributed by atoms with van der Waals surface area (Å²) >= 11 is 0.